The Hall–Kier alpha value is -0.810. The molecule has 0 radical (unpaired) electrons. The van der Waals surface area contributed by atoms with Crippen molar-refractivity contribution < 1.29 is 14.3 Å². The lowest BCUT2D eigenvalue weighted by atomic mass is 10.5. The van der Waals surface area contributed by atoms with Gasteiger partial charge in [-0.3, -0.25) is 0 Å². The lowest BCUT2D eigenvalue weighted by molar-refractivity contribution is -0.109. The largest absolute Gasteiger partial charge is 0.354 e. The number of hydrogen-bond acceptors (Lipinski definition) is 3. The van der Waals surface area contributed by atoms with Gasteiger partial charge in [0.2, 0.25) is 0 Å². The molecule has 0 fully saturated rings. The highest BCUT2D eigenvalue weighted by Gasteiger charge is 2.12. The first-order valence-electron chi connectivity index (χ1n) is 3.64. The van der Waals surface area contributed by atoms with Crippen molar-refractivity contribution in [2.75, 3.05) is 34.9 Å². The molecule has 0 aliphatic heterocycles. The maximum atomic E-state index is 11.0. The molecule has 0 aromatic heterocycles. The molecule has 0 bridgehead atoms. The molecule has 0 saturated carbocycles. The summed E-state index contributed by atoms with van der Waals surface area (Å²) in [6, 6.07) is -0.158. The Morgan fingerprint density at radius 1 is 1.50 bits per heavy atom. The fourth-order valence-electron chi connectivity index (χ4n) is 0.743. The maximum Gasteiger partial charge on any atom is 0.317 e. The summed E-state index contributed by atoms with van der Waals surface area (Å²) in [5.41, 5.74) is 0. The van der Waals surface area contributed by atoms with Crippen LogP contribution < -0.4 is 5.32 Å². The lowest BCUT2D eigenvalue weighted by Gasteiger charge is -2.21. The molecule has 0 saturated heterocycles. The molecule has 5 heteroatoms. The van der Waals surface area contributed by atoms with Gasteiger partial charge in [-0.2, -0.15) is 0 Å². The maximum absolute atomic E-state index is 11.0. The zero-order valence-corrected chi connectivity index (χ0v) is 7.96. The Morgan fingerprint density at radius 2 is 2.00 bits per heavy atom. The van der Waals surface area contributed by atoms with E-state index in [1.807, 2.05) is 0 Å². The fourth-order valence-corrected chi connectivity index (χ4v) is 0.743. The van der Waals surface area contributed by atoms with Crippen LogP contribution in [0.5, 0.6) is 0 Å². The van der Waals surface area contributed by atoms with E-state index in [4.69, 9.17) is 9.47 Å². The number of nitrogens with zero attached hydrogens (tertiary/aromatic N) is 1. The van der Waals surface area contributed by atoms with Crippen molar-refractivity contribution in [3.8, 4) is 0 Å². The summed E-state index contributed by atoms with van der Waals surface area (Å²) in [5, 5.41) is 2.49. The second-order valence-corrected chi connectivity index (χ2v) is 2.34. The third-order valence-corrected chi connectivity index (χ3v) is 1.51. The number of hydrogen-bond donors (Lipinski definition) is 1. The van der Waals surface area contributed by atoms with Crippen molar-refractivity contribution in [3.05, 3.63) is 0 Å². The van der Waals surface area contributed by atoms with E-state index in [0.717, 1.165) is 0 Å². The summed E-state index contributed by atoms with van der Waals surface area (Å²) in [6.07, 6.45) is -0.368. The number of nitrogens with one attached hydrogen (secondary N) is 1. The third kappa shape index (κ3) is 3.54. The van der Waals surface area contributed by atoms with E-state index in [1.54, 1.807) is 14.1 Å². The molecule has 72 valence electrons. The molecular formula is C7H16N2O3. The number of carbonyl (C=O) groups excluding carboxylic acids is 1. The highest BCUT2D eigenvalue weighted by molar-refractivity contribution is 5.73. The topological polar surface area (TPSA) is 50.8 Å². The fraction of sp³-hybridized carbons (Fsp3) is 0.857. The normalized spacial score (nSPS) is 10.1. The molecular weight excluding hydrogens is 160 g/mol. The van der Waals surface area contributed by atoms with Gasteiger partial charge in [0.1, 0.15) is 0 Å². The highest BCUT2D eigenvalue weighted by atomic mass is 16.7. The van der Waals surface area contributed by atoms with Crippen molar-refractivity contribution >= 4 is 6.03 Å². The zero-order valence-electron chi connectivity index (χ0n) is 7.96. The molecule has 0 heterocycles. The molecule has 0 aliphatic rings. The summed E-state index contributed by atoms with van der Waals surface area (Å²) in [6.45, 7) is 0.409. The molecule has 0 aromatic rings. The Kier molecular flexibility index (Phi) is 5.40. The molecule has 0 unspecified atom stereocenters. The Morgan fingerprint density at radius 3 is 2.33 bits per heavy atom. The SMILES string of the molecule is CNC(=O)N(C)CC(OC)OC. The van der Waals surface area contributed by atoms with Crippen LogP contribution in [0.25, 0.3) is 0 Å². The smallest absolute Gasteiger partial charge is 0.317 e. The van der Waals surface area contributed by atoms with Crippen molar-refractivity contribution in [3.63, 3.8) is 0 Å². The first-order chi connectivity index (χ1) is 5.65. The predicted octanol–water partition coefficient (Wildman–Crippen LogP) is -0.124. The van der Waals surface area contributed by atoms with Crippen molar-refractivity contribution in [1.29, 1.82) is 0 Å². The second-order valence-electron chi connectivity index (χ2n) is 2.34. The molecule has 0 rings (SSSR count). The van der Waals surface area contributed by atoms with E-state index in [-0.39, 0.29) is 12.3 Å². The van der Waals surface area contributed by atoms with Gasteiger partial charge >= 0.3 is 6.03 Å². The molecule has 0 aromatic carbocycles. The van der Waals surface area contributed by atoms with E-state index in [9.17, 15) is 4.79 Å². The van der Waals surface area contributed by atoms with Gasteiger partial charge in [0.15, 0.2) is 6.29 Å². The van der Waals surface area contributed by atoms with Crippen LogP contribution in [-0.2, 0) is 9.47 Å². The minimum Gasteiger partial charge on any atom is -0.354 e. The average Bonchev–Trinajstić information content (AvgIpc) is 2.12. The number of methoxy groups -OCH3 is 2. The van der Waals surface area contributed by atoms with Crippen LogP contribution in [0.2, 0.25) is 0 Å². The zero-order chi connectivity index (χ0) is 9.56. The number of carbonyl (C=O) groups is 1. The highest BCUT2D eigenvalue weighted by Crippen LogP contribution is 1.94. The second kappa shape index (κ2) is 5.79. The van der Waals surface area contributed by atoms with E-state index in [1.165, 1.54) is 19.1 Å². The van der Waals surface area contributed by atoms with Crippen LogP contribution in [-0.4, -0.2) is 52.1 Å². The van der Waals surface area contributed by atoms with E-state index >= 15 is 0 Å². The van der Waals surface area contributed by atoms with E-state index in [0.29, 0.717) is 6.54 Å². The number of rotatable bonds is 4. The molecule has 5 nitrogen and oxygen atoms in total. The lowest BCUT2D eigenvalue weighted by Crippen LogP contribution is -2.40. The quantitative estimate of drug-likeness (QED) is 0.607. The van der Waals surface area contributed by atoms with Gasteiger partial charge in [-0.05, 0) is 0 Å². The summed E-state index contributed by atoms with van der Waals surface area (Å²) in [4.78, 5) is 12.5. The van der Waals surface area contributed by atoms with Crippen LogP contribution in [0.3, 0.4) is 0 Å². The van der Waals surface area contributed by atoms with Crippen LogP contribution >= 0.6 is 0 Å². The van der Waals surface area contributed by atoms with Crippen LogP contribution in [0.15, 0.2) is 0 Å². The van der Waals surface area contributed by atoms with Gasteiger partial charge in [-0.15, -0.1) is 0 Å². The van der Waals surface area contributed by atoms with E-state index < -0.39 is 0 Å². The number of ether oxygens (including phenoxy) is 2. The molecule has 1 N–H and O–H groups in total. The van der Waals surface area contributed by atoms with Crippen molar-refractivity contribution in [1.82, 2.24) is 10.2 Å². The molecule has 0 aliphatic carbocycles. The van der Waals surface area contributed by atoms with Gasteiger partial charge in [0.05, 0.1) is 6.54 Å². The monoisotopic (exact) mass is 176 g/mol. The number of likely N-dealkylation sites (N-methyl/N-ethyl adjacent to an activating group) is 1. The van der Waals surface area contributed by atoms with Gasteiger partial charge < -0.3 is 19.7 Å². The summed E-state index contributed by atoms with van der Waals surface area (Å²) in [7, 11) is 6.31. The predicted molar refractivity (Wildman–Crippen MR) is 44.9 cm³/mol. The molecule has 2 amide bonds. The Balaban J connectivity index is 3.80. The first-order valence-corrected chi connectivity index (χ1v) is 3.64. The molecule has 12 heavy (non-hydrogen) atoms. The Labute approximate surface area is 72.6 Å². The van der Waals surface area contributed by atoms with Crippen LogP contribution in [0.4, 0.5) is 4.79 Å². The van der Waals surface area contributed by atoms with Crippen molar-refractivity contribution in [2.24, 2.45) is 0 Å². The number of urea groups is 1. The average molecular weight is 176 g/mol. The molecule has 0 atom stereocenters. The molecule has 0 spiro atoms. The van der Waals surface area contributed by atoms with E-state index in [2.05, 4.69) is 5.32 Å². The summed E-state index contributed by atoms with van der Waals surface area (Å²) < 4.78 is 9.84. The summed E-state index contributed by atoms with van der Waals surface area (Å²) in [5.74, 6) is 0. The Bertz CT molecular complexity index is 137. The van der Waals surface area contributed by atoms with Crippen molar-refractivity contribution in [2.45, 2.75) is 6.29 Å². The third-order valence-electron chi connectivity index (χ3n) is 1.51. The van der Waals surface area contributed by atoms with Crippen LogP contribution in [0.1, 0.15) is 0 Å². The minimum atomic E-state index is -0.368. The van der Waals surface area contributed by atoms with Gasteiger partial charge in [0, 0.05) is 28.3 Å². The minimum absolute atomic E-state index is 0.158. The first kappa shape index (κ1) is 11.2. The van der Waals surface area contributed by atoms with Gasteiger partial charge in [-0.25, -0.2) is 4.79 Å². The van der Waals surface area contributed by atoms with Crippen LogP contribution in [0, 0.1) is 0 Å². The number of amides is 2. The summed E-state index contributed by atoms with van der Waals surface area (Å²) >= 11 is 0. The van der Waals surface area contributed by atoms with Gasteiger partial charge in [-0.1, -0.05) is 0 Å². The standard InChI is InChI=1S/C7H16N2O3/c1-8-7(10)9(2)5-6(11-3)12-4/h6H,5H2,1-4H3,(H,8,10). The van der Waals surface area contributed by atoms with Gasteiger partial charge in [0.25, 0.3) is 0 Å².